The number of fused-ring (bicyclic) bond motifs is 3. The predicted molar refractivity (Wildman–Crippen MR) is 156 cm³/mol. The van der Waals surface area contributed by atoms with Gasteiger partial charge in [-0.05, 0) is 36.2 Å². The number of hydrogen-bond donors (Lipinski definition) is 5. The minimum atomic E-state index is -3.23. The van der Waals surface area contributed by atoms with Gasteiger partial charge >= 0.3 is 6.09 Å². The lowest BCUT2D eigenvalue weighted by molar-refractivity contribution is -0.138. The first kappa shape index (κ1) is 31.6. The van der Waals surface area contributed by atoms with Crippen LogP contribution in [0.5, 0.6) is 0 Å². The lowest BCUT2D eigenvalue weighted by Crippen LogP contribution is -2.49. The molecule has 236 valence electrons. The average molecular weight is 646 g/mol. The third-order valence-electron chi connectivity index (χ3n) is 7.75. The Morgan fingerprint density at radius 3 is 2.49 bits per heavy atom. The smallest absolute Gasteiger partial charge is 0.410 e. The standard InChI is InChI=1S/C30H27F4N5O5S/c1-15(23-9-17(12-45-23)25(35)38-28(43)44)37-27(42)22-10-29(32,13-31)14-39(22)24(40)11-36-26(41)16-6-7-21-19(8-16)18-4-2-3-5-20(18)30(21,33)34/h2-9,12,15,22H,10-11,13-14H2,1H3,(H2,35,38)(H,36,41)(H,37,42)(H,43,44)/t15?,22-,29-/m0/s1. The summed E-state index contributed by atoms with van der Waals surface area (Å²) in [6.07, 6.45) is -2.04. The number of carboxylic acid groups (broad SMARTS) is 1. The van der Waals surface area contributed by atoms with E-state index in [1.54, 1.807) is 13.0 Å². The number of hydrogen-bond acceptors (Lipinski definition) is 6. The molecule has 1 saturated heterocycles. The molecule has 0 spiro atoms. The molecule has 2 heterocycles. The summed E-state index contributed by atoms with van der Waals surface area (Å²) in [5, 5.41) is 25.0. The number of nitrogens with one attached hydrogen (secondary N) is 4. The summed E-state index contributed by atoms with van der Waals surface area (Å²) in [7, 11) is 0. The summed E-state index contributed by atoms with van der Waals surface area (Å²) in [4.78, 5) is 51.4. The molecule has 45 heavy (non-hydrogen) atoms. The summed E-state index contributed by atoms with van der Waals surface area (Å²) in [6, 6.07) is 8.97. The quantitative estimate of drug-likeness (QED) is 0.140. The Bertz CT molecular complexity index is 1720. The SMILES string of the molecule is CC(NC(=O)[C@@H]1C[C@](F)(CF)CN1C(=O)CNC(=O)c1ccc2c(c1)-c1ccccc1C2(F)F)c1cc(C(=N)NC(=O)O)cs1. The van der Waals surface area contributed by atoms with Crippen molar-refractivity contribution in [3.63, 3.8) is 0 Å². The molecule has 3 atom stereocenters. The maximum absolute atomic E-state index is 15.1. The Balaban J connectivity index is 1.25. The fraction of sp³-hybridized carbons (Fsp3) is 0.300. The van der Waals surface area contributed by atoms with Crippen LogP contribution in [0.1, 0.15) is 51.3 Å². The highest BCUT2D eigenvalue weighted by Crippen LogP contribution is 2.50. The molecule has 2 aromatic carbocycles. The number of benzene rings is 2. The van der Waals surface area contributed by atoms with Crippen LogP contribution in [0.3, 0.4) is 0 Å². The van der Waals surface area contributed by atoms with Crippen LogP contribution in [-0.4, -0.2) is 71.1 Å². The molecule has 3 aromatic rings. The summed E-state index contributed by atoms with van der Waals surface area (Å²) in [5.41, 5.74) is -2.21. The van der Waals surface area contributed by atoms with Gasteiger partial charge in [0.15, 0.2) is 5.67 Å². The average Bonchev–Trinajstić information content (AvgIpc) is 3.70. The number of rotatable bonds is 8. The predicted octanol–water partition coefficient (Wildman–Crippen LogP) is 4.35. The molecule has 0 bridgehead atoms. The summed E-state index contributed by atoms with van der Waals surface area (Å²) >= 11 is 1.13. The highest BCUT2D eigenvalue weighted by molar-refractivity contribution is 7.10. The van der Waals surface area contributed by atoms with Crippen LogP contribution in [0, 0.1) is 5.41 Å². The minimum absolute atomic E-state index is 0.00384. The third kappa shape index (κ3) is 6.12. The van der Waals surface area contributed by atoms with E-state index in [4.69, 9.17) is 10.5 Å². The maximum atomic E-state index is 15.1. The fourth-order valence-electron chi connectivity index (χ4n) is 5.48. The summed E-state index contributed by atoms with van der Waals surface area (Å²) in [6.45, 7) is -1.25. The van der Waals surface area contributed by atoms with Gasteiger partial charge in [-0.3, -0.25) is 25.1 Å². The van der Waals surface area contributed by atoms with E-state index in [0.717, 1.165) is 22.3 Å². The van der Waals surface area contributed by atoms with Crippen molar-refractivity contribution in [1.82, 2.24) is 20.9 Å². The van der Waals surface area contributed by atoms with Crippen molar-refractivity contribution in [2.75, 3.05) is 19.8 Å². The highest BCUT2D eigenvalue weighted by Gasteiger charge is 2.50. The topological polar surface area (TPSA) is 152 Å². The number of thiophene rings is 1. The molecule has 5 rings (SSSR count). The van der Waals surface area contributed by atoms with E-state index in [0.29, 0.717) is 4.88 Å². The van der Waals surface area contributed by atoms with Gasteiger partial charge in [-0.25, -0.2) is 13.6 Å². The monoisotopic (exact) mass is 645 g/mol. The normalized spacial score (nSPS) is 20.1. The van der Waals surface area contributed by atoms with E-state index in [2.05, 4.69) is 10.6 Å². The number of carbonyl (C=O) groups is 4. The van der Waals surface area contributed by atoms with Gasteiger partial charge in [0.25, 0.3) is 11.8 Å². The number of alkyl halides is 4. The molecule has 1 fully saturated rings. The molecule has 1 aliphatic carbocycles. The number of nitrogens with zero attached hydrogens (tertiary/aromatic N) is 1. The van der Waals surface area contributed by atoms with Crippen LogP contribution in [0.15, 0.2) is 53.9 Å². The van der Waals surface area contributed by atoms with E-state index in [9.17, 15) is 32.3 Å². The largest absolute Gasteiger partial charge is 0.465 e. The van der Waals surface area contributed by atoms with Crippen molar-refractivity contribution in [3.05, 3.63) is 81.0 Å². The van der Waals surface area contributed by atoms with E-state index in [1.165, 1.54) is 41.8 Å². The number of carbonyl (C=O) groups excluding carboxylic acids is 3. The molecule has 2 aliphatic rings. The summed E-state index contributed by atoms with van der Waals surface area (Å²) < 4.78 is 58.5. The lowest BCUT2D eigenvalue weighted by Gasteiger charge is -2.25. The maximum Gasteiger partial charge on any atom is 0.410 e. The van der Waals surface area contributed by atoms with Gasteiger partial charge in [-0.1, -0.05) is 30.3 Å². The third-order valence-corrected chi connectivity index (χ3v) is 8.87. The van der Waals surface area contributed by atoms with Crippen LogP contribution in [0.25, 0.3) is 11.1 Å². The Morgan fingerprint density at radius 2 is 1.78 bits per heavy atom. The van der Waals surface area contributed by atoms with Crippen LogP contribution in [0.2, 0.25) is 0 Å². The molecule has 15 heteroatoms. The van der Waals surface area contributed by atoms with E-state index in [-0.39, 0.29) is 39.2 Å². The Kier molecular flexibility index (Phi) is 8.40. The van der Waals surface area contributed by atoms with Gasteiger partial charge in [0, 0.05) is 38.9 Å². The van der Waals surface area contributed by atoms with Crippen molar-refractivity contribution >= 4 is 41.0 Å². The van der Waals surface area contributed by atoms with Gasteiger partial charge in [0.2, 0.25) is 11.8 Å². The van der Waals surface area contributed by atoms with Crippen molar-refractivity contribution in [3.8, 4) is 11.1 Å². The van der Waals surface area contributed by atoms with Gasteiger partial charge in [0.1, 0.15) is 18.6 Å². The van der Waals surface area contributed by atoms with Gasteiger partial charge in [-0.15, -0.1) is 11.3 Å². The second kappa shape index (κ2) is 12.0. The van der Waals surface area contributed by atoms with Gasteiger partial charge in [-0.2, -0.15) is 8.78 Å². The first-order valence-corrected chi connectivity index (χ1v) is 14.5. The molecule has 4 amide bonds. The van der Waals surface area contributed by atoms with Crippen LogP contribution in [-0.2, 0) is 15.5 Å². The fourth-order valence-corrected chi connectivity index (χ4v) is 6.39. The second-order valence-corrected chi connectivity index (χ2v) is 11.8. The van der Waals surface area contributed by atoms with Crippen LogP contribution in [0.4, 0.5) is 22.4 Å². The van der Waals surface area contributed by atoms with Crippen molar-refractivity contribution in [2.45, 2.75) is 37.0 Å². The van der Waals surface area contributed by atoms with Gasteiger partial charge < -0.3 is 20.6 Å². The van der Waals surface area contributed by atoms with Crippen molar-refractivity contribution in [2.24, 2.45) is 0 Å². The van der Waals surface area contributed by atoms with Gasteiger partial charge in [0.05, 0.1) is 19.1 Å². The Hall–Kier alpha value is -4.79. The zero-order valence-electron chi connectivity index (χ0n) is 23.6. The van der Waals surface area contributed by atoms with E-state index in [1.807, 2.05) is 5.32 Å². The molecule has 10 nitrogen and oxygen atoms in total. The van der Waals surface area contributed by atoms with E-state index < -0.39 is 73.7 Å². The Morgan fingerprint density at radius 1 is 1.07 bits per heavy atom. The molecule has 5 N–H and O–H groups in total. The molecule has 0 saturated carbocycles. The van der Waals surface area contributed by atoms with Crippen molar-refractivity contribution < 1.29 is 41.8 Å². The molecular formula is C30H27F4N5O5S. The molecule has 1 aromatic heterocycles. The second-order valence-electron chi connectivity index (χ2n) is 10.9. The molecule has 1 aliphatic heterocycles. The zero-order chi connectivity index (χ0) is 32.7. The van der Waals surface area contributed by atoms with Crippen LogP contribution >= 0.6 is 11.3 Å². The summed E-state index contributed by atoms with van der Waals surface area (Å²) in [5.74, 6) is -6.00. The zero-order valence-corrected chi connectivity index (χ0v) is 24.4. The van der Waals surface area contributed by atoms with Crippen molar-refractivity contribution in [1.29, 1.82) is 5.41 Å². The first-order valence-electron chi connectivity index (χ1n) is 13.7. The number of amides is 4. The molecular weight excluding hydrogens is 618 g/mol. The molecule has 1 unspecified atom stereocenters. The lowest BCUT2D eigenvalue weighted by atomic mass is 10.0. The number of halogens is 4. The highest BCUT2D eigenvalue weighted by atomic mass is 32.1. The molecule has 0 radical (unpaired) electrons. The minimum Gasteiger partial charge on any atom is -0.465 e. The number of likely N-dealkylation sites (tertiary alicyclic amines) is 1. The Labute approximate surface area is 257 Å². The van der Waals surface area contributed by atoms with E-state index >= 15 is 4.39 Å². The van der Waals surface area contributed by atoms with Crippen LogP contribution < -0.4 is 16.0 Å². The number of amidine groups is 1. The first-order chi connectivity index (χ1) is 21.2.